The molecule has 1 aromatic rings. The van der Waals surface area contributed by atoms with Crippen molar-refractivity contribution in [1.29, 1.82) is 0 Å². The first-order chi connectivity index (χ1) is 7.11. The molecule has 1 rings (SSSR count). The zero-order valence-electron chi connectivity index (χ0n) is 10.4. The second kappa shape index (κ2) is 5.96. The Balaban J connectivity index is 2.28. The molecule has 0 saturated carbocycles. The molecule has 15 heavy (non-hydrogen) atoms. The van der Waals surface area contributed by atoms with Gasteiger partial charge in [-0.1, -0.05) is 27.7 Å². The van der Waals surface area contributed by atoms with Crippen LogP contribution in [0.25, 0.3) is 0 Å². The van der Waals surface area contributed by atoms with E-state index in [-0.39, 0.29) is 0 Å². The van der Waals surface area contributed by atoms with Gasteiger partial charge in [0.2, 0.25) is 0 Å². The Hall–Kier alpha value is -0.760. The number of rotatable bonds is 6. The molecule has 0 aliphatic carbocycles. The van der Waals surface area contributed by atoms with Gasteiger partial charge in [0.05, 0.1) is 0 Å². The minimum atomic E-state index is 0.753. The predicted octanol–water partition coefficient (Wildman–Crippen LogP) is 3.03. The zero-order valence-corrected chi connectivity index (χ0v) is 10.4. The lowest BCUT2D eigenvalue weighted by atomic mass is 9.85. The standard InChI is InChI=1S/C13H24N2/c1-10(2)13(11(3)4)9-15-8-12-5-6-14-7-12/h5-7,10-11,13-15H,8-9H2,1-4H3. The van der Waals surface area contributed by atoms with E-state index in [1.165, 1.54) is 5.56 Å². The van der Waals surface area contributed by atoms with Crippen LogP contribution in [0.5, 0.6) is 0 Å². The van der Waals surface area contributed by atoms with Gasteiger partial charge in [-0.15, -0.1) is 0 Å². The summed E-state index contributed by atoms with van der Waals surface area (Å²) in [6.07, 6.45) is 4.02. The molecule has 0 saturated heterocycles. The van der Waals surface area contributed by atoms with Gasteiger partial charge in [0, 0.05) is 18.9 Å². The number of H-pyrrole nitrogens is 1. The Kier molecular flexibility index (Phi) is 4.89. The van der Waals surface area contributed by atoms with Crippen LogP contribution in [0.3, 0.4) is 0 Å². The summed E-state index contributed by atoms with van der Waals surface area (Å²) >= 11 is 0. The fraction of sp³-hybridized carbons (Fsp3) is 0.692. The second-order valence-electron chi connectivity index (χ2n) is 5.00. The molecule has 0 aromatic carbocycles. The highest BCUT2D eigenvalue weighted by molar-refractivity contribution is 5.07. The third-order valence-corrected chi connectivity index (χ3v) is 3.08. The van der Waals surface area contributed by atoms with E-state index < -0.39 is 0 Å². The van der Waals surface area contributed by atoms with Crippen LogP contribution in [0, 0.1) is 17.8 Å². The van der Waals surface area contributed by atoms with Gasteiger partial charge in [0.15, 0.2) is 0 Å². The normalized spacial score (nSPS) is 11.9. The first-order valence-electron chi connectivity index (χ1n) is 5.93. The second-order valence-corrected chi connectivity index (χ2v) is 5.00. The Morgan fingerprint density at radius 3 is 2.33 bits per heavy atom. The van der Waals surface area contributed by atoms with Crippen molar-refractivity contribution in [3.63, 3.8) is 0 Å². The maximum Gasteiger partial charge on any atom is 0.0220 e. The van der Waals surface area contributed by atoms with Crippen LogP contribution in [-0.2, 0) is 6.54 Å². The Bertz CT molecular complexity index is 242. The van der Waals surface area contributed by atoms with Crippen LogP contribution in [0.15, 0.2) is 18.5 Å². The SMILES string of the molecule is CC(C)C(CNCc1cc[nH]c1)C(C)C. The maximum atomic E-state index is 3.53. The van der Waals surface area contributed by atoms with Crippen molar-refractivity contribution >= 4 is 0 Å². The highest BCUT2D eigenvalue weighted by atomic mass is 14.9. The van der Waals surface area contributed by atoms with Crippen LogP contribution < -0.4 is 5.32 Å². The van der Waals surface area contributed by atoms with Crippen molar-refractivity contribution in [2.45, 2.75) is 34.2 Å². The molecule has 0 bridgehead atoms. The first kappa shape index (κ1) is 12.3. The van der Waals surface area contributed by atoms with Crippen molar-refractivity contribution in [3.05, 3.63) is 24.0 Å². The third kappa shape index (κ3) is 4.08. The van der Waals surface area contributed by atoms with E-state index in [1.807, 2.05) is 12.4 Å². The monoisotopic (exact) mass is 208 g/mol. The zero-order chi connectivity index (χ0) is 11.3. The summed E-state index contributed by atoms with van der Waals surface area (Å²) in [5.74, 6) is 2.27. The van der Waals surface area contributed by atoms with Crippen LogP contribution in [0.1, 0.15) is 33.3 Å². The van der Waals surface area contributed by atoms with Crippen LogP contribution in [0.2, 0.25) is 0 Å². The van der Waals surface area contributed by atoms with Gasteiger partial charge in [0.25, 0.3) is 0 Å². The van der Waals surface area contributed by atoms with Gasteiger partial charge in [-0.25, -0.2) is 0 Å². The van der Waals surface area contributed by atoms with Gasteiger partial charge < -0.3 is 10.3 Å². The van der Waals surface area contributed by atoms with Crippen molar-refractivity contribution < 1.29 is 0 Å². The Morgan fingerprint density at radius 2 is 1.87 bits per heavy atom. The topological polar surface area (TPSA) is 27.8 Å². The number of hydrogen-bond donors (Lipinski definition) is 2. The number of aromatic amines is 1. The van der Waals surface area contributed by atoms with Gasteiger partial charge >= 0.3 is 0 Å². The van der Waals surface area contributed by atoms with Crippen molar-refractivity contribution in [1.82, 2.24) is 10.3 Å². The lowest BCUT2D eigenvalue weighted by Gasteiger charge is -2.25. The largest absolute Gasteiger partial charge is 0.367 e. The van der Waals surface area contributed by atoms with E-state index in [0.717, 1.165) is 30.8 Å². The molecule has 1 aromatic heterocycles. The van der Waals surface area contributed by atoms with Crippen molar-refractivity contribution in [2.24, 2.45) is 17.8 Å². The third-order valence-electron chi connectivity index (χ3n) is 3.08. The minimum Gasteiger partial charge on any atom is -0.367 e. The van der Waals surface area contributed by atoms with E-state index in [9.17, 15) is 0 Å². The fourth-order valence-electron chi connectivity index (χ4n) is 2.09. The lowest BCUT2D eigenvalue weighted by Crippen LogP contribution is -2.29. The average Bonchev–Trinajstić information content (AvgIpc) is 2.63. The molecule has 0 atom stereocenters. The van der Waals surface area contributed by atoms with E-state index in [0.29, 0.717) is 0 Å². The number of aromatic nitrogens is 1. The maximum absolute atomic E-state index is 3.53. The minimum absolute atomic E-state index is 0.753. The molecule has 0 aliphatic heterocycles. The molecule has 0 fully saturated rings. The molecule has 1 heterocycles. The quantitative estimate of drug-likeness (QED) is 0.739. The molecule has 2 heteroatoms. The smallest absolute Gasteiger partial charge is 0.0220 e. The summed E-state index contributed by atoms with van der Waals surface area (Å²) in [7, 11) is 0. The molecular formula is C13H24N2. The average molecular weight is 208 g/mol. The molecular weight excluding hydrogens is 184 g/mol. The van der Waals surface area contributed by atoms with E-state index in [1.54, 1.807) is 0 Å². The first-order valence-corrected chi connectivity index (χ1v) is 5.93. The van der Waals surface area contributed by atoms with Crippen molar-refractivity contribution in [3.8, 4) is 0 Å². The fourth-order valence-corrected chi connectivity index (χ4v) is 2.09. The van der Waals surface area contributed by atoms with Crippen LogP contribution in [0.4, 0.5) is 0 Å². The van der Waals surface area contributed by atoms with E-state index in [4.69, 9.17) is 0 Å². The summed E-state index contributed by atoms with van der Waals surface area (Å²) in [4.78, 5) is 3.07. The molecule has 86 valence electrons. The van der Waals surface area contributed by atoms with E-state index >= 15 is 0 Å². The summed E-state index contributed by atoms with van der Waals surface area (Å²) in [6.45, 7) is 11.3. The number of hydrogen-bond acceptors (Lipinski definition) is 1. The Labute approximate surface area is 93.5 Å². The molecule has 0 amide bonds. The summed E-state index contributed by atoms with van der Waals surface area (Å²) in [5, 5.41) is 3.53. The van der Waals surface area contributed by atoms with Crippen LogP contribution >= 0.6 is 0 Å². The molecule has 0 unspecified atom stereocenters. The summed E-state index contributed by atoms with van der Waals surface area (Å²) in [6, 6.07) is 2.12. The summed E-state index contributed by atoms with van der Waals surface area (Å²) < 4.78 is 0. The summed E-state index contributed by atoms with van der Waals surface area (Å²) in [5.41, 5.74) is 1.33. The van der Waals surface area contributed by atoms with E-state index in [2.05, 4.69) is 44.1 Å². The van der Waals surface area contributed by atoms with Crippen molar-refractivity contribution in [2.75, 3.05) is 6.54 Å². The lowest BCUT2D eigenvalue weighted by molar-refractivity contribution is 0.275. The molecule has 2 N–H and O–H groups in total. The molecule has 2 nitrogen and oxygen atoms in total. The highest BCUT2D eigenvalue weighted by Gasteiger charge is 2.16. The molecule has 0 aliphatic rings. The van der Waals surface area contributed by atoms with Gasteiger partial charge in [-0.05, 0) is 35.9 Å². The van der Waals surface area contributed by atoms with Gasteiger partial charge in [0.1, 0.15) is 0 Å². The predicted molar refractivity (Wildman–Crippen MR) is 65.7 cm³/mol. The van der Waals surface area contributed by atoms with Gasteiger partial charge in [-0.2, -0.15) is 0 Å². The van der Waals surface area contributed by atoms with Gasteiger partial charge in [-0.3, -0.25) is 0 Å². The number of nitrogens with one attached hydrogen (secondary N) is 2. The molecule has 0 radical (unpaired) electrons. The highest BCUT2D eigenvalue weighted by Crippen LogP contribution is 2.19. The van der Waals surface area contributed by atoms with Crippen LogP contribution in [-0.4, -0.2) is 11.5 Å². The molecule has 0 spiro atoms. The Morgan fingerprint density at radius 1 is 1.20 bits per heavy atom.